The van der Waals surface area contributed by atoms with Crippen LogP contribution in [0.3, 0.4) is 0 Å². The molecule has 26 heavy (non-hydrogen) atoms. The van der Waals surface area contributed by atoms with Crippen LogP contribution >= 0.6 is 0 Å². The number of nitrogens with zero attached hydrogens (tertiary/aromatic N) is 4. The van der Waals surface area contributed by atoms with E-state index in [0.717, 1.165) is 66.5 Å². The van der Waals surface area contributed by atoms with Gasteiger partial charge in [-0.25, -0.2) is 9.97 Å². The molecule has 0 saturated heterocycles. The third-order valence-electron chi connectivity index (χ3n) is 4.48. The highest BCUT2D eigenvalue weighted by Gasteiger charge is 2.17. The minimum Gasteiger partial charge on any atom is -0.382 e. The van der Waals surface area contributed by atoms with Crippen LogP contribution in [-0.4, -0.2) is 32.0 Å². The SMILES string of the molecule is CCCCc1nc2c(N)nc3cccnc3c2n1CCCCNC(C)=O. The lowest BCUT2D eigenvalue weighted by molar-refractivity contribution is -0.118. The van der Waals surface area contributed by atoms with Crippen molar-refractivity contribution < 1.29 is 4.79 Å². The second-order valence-electron chi connectivity index (χ2n) is 6.54. The molecule has 3 heterocycles. The minimum atomic E-state index is 0.00996. The summed E-state index contributed by atoms with van der Waals surface area (Å²) in [5, 5.41) is 2.84. The van der Waals surface area contributed by atoms with Crippen molar-refractivity contribution >= 4 is 33.8 Å². The summed E-state index contributed by atoms with van der Waals surface area (Å²) in [6.07, 6.45) is 6.73. The molecular formula is C19H26N6O. The molecule has 3 N–H and O–H groups in total. The van der Waals surface area contributed by atoms with Gasteiger partial charge in [-0.3, -0.25) is 9.78 Å². The highest BCUT2D eigenvalue weighted by atomic mass is 16.1. The molecule has 1 amide bonds. The van der Waals surface area contributed by atoms with Gasteiger partial charge in [-0.2, -0.15) is 0 Å². The third-order valence-corrected chi connectivity index (χ3v) is 4.48. The minimum absolute atomic E-state index is 0.00996. The lowest BCUT2D eigenvalue weighted by Crippen LogP contribution is -2.21. The molecule has 138 valence electrons. The number of anilines is 1. The lowest BCUT2D eigenvalue weighted by Gasteiger charge is -2.10. The summed E-state index contributed by atoms with van der Waals surface area (Å²) in [6, 6.07) is 3.80. The molecule has 0 aliphatic carbocycles. The van der Waals surface area contributed by atoms with E-state index in [-0.39, 0.29) is 5.91 Å². The first-order valence-electron chi connectivity index (χ1n) is 9.25. The molecule has 0 saturated carbocycles. The van der Waals surface area contributed by atoms with Crippen LogP contribution in [0.1, 0.15) is 45.4 Å². The van der Waals surface area contributed by atoms with Crippen molar-refractivity contribution in [2.24, 2.45) is 0 Å². The molecule has 0 radical (unpaired) electrons. The van der Waals surface area contributed by atoms with E-state index in [0.29, 0.717) is 12.4 Å². The van der Waals surface area contributed by atoms with Crippen LogP contribution in [0.4, 0.5) is 5.82 Å². The Bertz CT molecular complexity index is 917. The Kier molecular flexibility index (Phi) is 5.65. The number of aromatic nitrogens is 4. The number of unbranched alkanes of at least 4 members (excludes halogenated alkanes) is 2. The first kappa shape index (κ1) is 18.1. The van der Waals surface area contributed by atoms with Crippen LogP contribution in [0.15, 0.2) is 18.3 Å². The van der Waals surface area contributed by atoms with Crippen LogP contribution in [0.25, 0.3) is 22.1 Å². The van der Waals surface area contributed by atoms with E-state index in [1.807, 2.05) is 12.1 Å². The highest BCUT2D eigenvalue weighted by Crippen LogP contribution is 2.28. The average molecular weight is 354 g/mol. The van der Waals surface area contributed by atoms with Gasteiger partial charge in [-0.1, -0.05) is 13.3 Å². The number of amides is 1. The summed E-state index contributed by atoms with van der Waals surface area (Å²) in [5.41, 5.74) is 9.52. The Morgan fingerprint density at radius 3 is 2.85 bits per heavy atom. The van der Waals surface area contributed by atoms with Gasteiger partial charge in [0.15, 0.2) is 5.82 Å². The van der Waals surface area contributed by atoms with Crippen LogP contribution in [0.2, 0.25) is 0 Å². The molecule has 3 aromatic rings. The number of aryl methyl sites for hydroxylation is 2. The van der Waals surface area contributed by atoms with Crippen LogP contribution in [0, 0.1) is 0 Å². The zero-order chi connectivity index (χ0) is 18.5. The lowest BCUT2D eigenvalue weighted by atomic mass is 10.2. The molecule has 0 aromatic carbocycles. The smallest absolute Gasteiger partial charge is 0.216 e. The van der Waals surface area contributed by atoms with Gasteiger partial charge in [0, 0.05) is 32.6 Å². The van der Waals surface area contributed by atoms with Gasteiger partial charge in [0.05, 0.1) is 5.52 Å². The fourth-order valence-corrected chi connectivity index (χ4v) is 3.20. The summed E-state index contributed by atoms with van der Waals surface area (Å²) < 4.78 is 2.24. The molecule has 0 aliphatic heterocycles. The van der Waals surface area contributed by atoms with Crippen LogP contribution in [-0.2, 0) is 17.8 Å². The number of rotatable bonds is 8. The number of nitrogens with two attached hydrogens (primary N) is 1. The Labute approximate surface area is 153 Å². The van der Waals surface area contributed by atoms with E-state index >= 15 is 0 Å². The third kappa shape index (κ3) is 3.76. The number of carbonyl (C=O) groups is 1. The van der Waals surface area contributed by atoms with Crippen molar-refractivity contribution in [3.05, 3.63) is 24.2 Å². The maximum Gasteiger partial charge on any atom is 0.216 e. The standard InChI is InChI=1S/C19H26N6O/c1-3-4-9-15-24-17-18(25(15)12-6-5-10-21-13(2)26)16-14(23-19(17)20)8-7-11-22-16/h7-8,11H,3-6,9-10,12H2,1-2H3,(H2,20,23)(H,21,26). The van der Waals surface area contributed by atoms with E-state index in [1.54, 1.807) is 13.1 Å². The number of nitrogen functional groups attached to an aromatic ring is 1. The molecule has 7 heteroatoms. The Balaban J connectivity index is 1.97. The quantitative estimate of drug-likeness (QED) is 0.606. The van der Waals surface area contributed by atoms with Gasteiger partial charge in [-0.15, -0.1) is 0 Å². The number of pyridine rings is 2. The maximum absolute atomic E-state index is 11.0. The summed E-state index contributed by atoms with van der Waals surface area (Å²) in [6.45, 7) is 5.23. The summed E-state index contributed by atoms with van der Waals surface area (Å²) in [5.74, 6) is 1.50. The number of hydrogen-bond acceptors (Lipinski definition) is 5. The molecule has 0 unspecified atom stereocenters. The van der Waals surface area contributed by atoms with Gasteiger partial charge in [-0.05, 0) is 31.4 Å². The number of nitrogens with one attached hydrogen (secondary N) is 1. The zero-order valence-electron chi connectivity index (χ0n) is 15.5. The molecule has 0 atom stereocenters. The molecule has 0 bridgehead atoms. The summed E-state index contributed by atoms with van der Waals surface area (Å²) in [7, 11) is 0. The summed E-state index contributed by atoms with van der Waals surface area (Å²) >= 11 is 0. The van der Waals surface area contributed by atoms with Gasteiger partial charge in [0.2, 0.25) is 5.91 Å². The van der Waals surface area contributed by atoms with E-state index < -0.39 is 0 Å². The largest absolute Gasteiger partial charge is 0.382 e. The van der Waals surface area contributed by atoms with Gasteiger partial charge < -0.3 is 15.6 Å². The van der Waals surface area contributed by atoms with Crippen molar-refractivity contribution in [2.45, 2.75) is 52.5 Å². The molecule has 0 aliphatic rings. The van der Waals surface area contributed by atoms with Gasteiger partial charge >= 0.3 is 0 Å². The second kappa shape index (κ2) is 8.12. The predicted molar refractivity (Wildman–Crippen MR) is 104 cm³/mol. The molecule has 0 fully saturated rings. The normalized spacial score (nSPS) is 11.3. The van der Waals surface area contributed by atoms with Crippen LogP contribution < -0.4 is 11.1 Å². The fourth-order valence-electron chi connectivity index (χ4n) is 3.20. The Morgan fingerprint density at radius 2 is 2.08 bits per heavy atom. The van der Waals surface area contributed by atoms with Crippen molar-refractivity contribution in [3.8, 4) is 0 Å². The van der Waals surface area contributed by atoms with Crippen molar-refractivity contribution in [3.63, 3.8) is 0 Å². The van der Waals surface area contributed by atoms with Crippen molar-refractivity contribution in [1.29, 1.82) is 0 Å². The Hall–Kier alpha value is -2.70. The van der Waals surface area contributed by atoms with E-state index in [4.69, 9.17) is 10.7 Å². The van der Waals surface area contributed by atoms with Crippen molar-refractivity contribution in [2.75, 3.05) is 12.3 Å². The number of imidazole rings is 1. The molecule has 3 rings (SSSR count). The fraction of sp³-hybridized carbons (Fsp3) is 0.474. The first-order valence-corrected chi connectivity index (χ1v) is 9.25. The monoisotopic (exact) mass is 354 g/mol. The van der Waals surface area contributed by atoms with E-state index in [9.17, 15) is 4.79 Å². The number of fused-ring (bicyclic) bond motifs is 3. The number of carbonyl (C=O) groups excluding carboxylic acids is 1. The first-order chi connectivity index (χ1) is 12.6. The zero-order valence-corrected chi connectivity index (χ0v) is 15.5. The highest BCUT2D eigenvalue weighted by molar-refractivity contribution is 6.04. The molecule has 7 nitrogen and oxygen atoms in total. The topological polar surface area (TPSA) is 98.7 Å². The predicted octanol–water partition coefficient (Wildman–Crippen LogP) is 2.82. The van der Waals surface area contributed by atoms with Crippen molar-refractivity contribution in [1.82, 2.24) is 24.8 Å². The van der Waals surface area contributed by atoms with Crippen LogP contribution in [0.5, 0.6) is 0 Å². The maximum atomic E-state index is 11.0. The Morgan fingerprint density at radius 1 is 1.23 bits per heavy atom. The molecular weight excluding hydrogens is 328 g/mol. The van der Waals surface area contributed by atoms with E-state index in [2.05, 4.69) is 26.8 Å². The molecule has 3 aromatic heterocycles. The number of hydrogen-bond donors (Lipinski definition) is 2. The molecule has 0 spiro atoms. The summed E-state index contributed by atoms with van der Waals surface area (Å²) in [4.78, 5) is 24.8. The van der Waals surface area contributed by atoms with Gasteiger partial charge in [0.25, 0.3) is 0 Å². The van der Waals surface area contributed by atoms with Gasteiger partial charge in [0.1, 0.15) is 22.4 Å². The van der Waals surface area contributed by atoms with E-state index in [1.165, 1.54) is 0 Å². The second-order valence-corrected chi connectivity index (χ2v) is 6.54. The average Bonchev–Trinajstić information content (AvgIpc) is 2.99.